The van der Waals surface area contributed by atoms with Crippen LogP contribution in [-0.2, 0) is 0 Å². The third-order valence-corrected chi connectivity index (χ3v) is 2.45. The fourth-order valence-electron chi connectivity index (χ4n) is 1.59. The van der Waals surface area contributed by atoms with Crippen molar-refractivity contribution < 1.29 is 19.3 Å². The van der Waals surface area contributed by atoms with Gasteiger partial charge in [-0.2, -0.15) is 0 Å². The van der Waals surface area contributed by atoms with Gasteiger partial charge in [-0.25, -0.2) is 4.39 Å². The molecule has 2 rings (SSSR count). The molecule has 0 unspecified atom stereocenters. The van der Waals surface area contributed by atoms with E-state index in [9.17, 15) is 14.6 Å². The first-order valence-corrected chi connectivity index (χ1v) is 4.97. The monoisotopic (exact) mass is 234 g/mol. The number of phenolic OH excluding ortho intramolecular Hbond substituents is 2. The van der Waals surface area contributed by atoms with Gasteiger partial charge in [0.2, 0.25) is 0 Å². The van der Waals surface area contributed by atoms with Gasteiger partial charge in [0.05, 0.1) is 7.11 Å². The van der Waals surface area contributed by atoms with Crippen LogP contribution >= 0.6 is 0 Å². The number of benzene rings is 2. The molecule has 0 bridgehead atoms. The van der Waals surface area contributed by atoms with Gasteiger partial charge in [-0.1, -0.05) is 0 Å². The van der Waals surface area contributed by atoms with Crippen molar-refractivity contribution in [3.63, 3.8) is 0 Å². The molecule has 0 aliphatic rings. The molecule has 0 atom stereocenters. The molecule has 0 saturated carbocycles. The Morgan fingerprint density at radius 3 is 2.41 bits per heavy atom. The van der Waals surface area contributed by atoms with Gasteiger partial charge in [0.1, 0.15) is 23.1 Å². The van der Waals surface area contributed by atoms with E-state index in [1.54, 1.807) is 0 Å². The molecule has 4 heteroatoms. The minimum Gasteiger partial charge on any atom is -0.508 e. The van der Waals surface area contributed by atoms with Crippen molar-refractivity contribution in [3.05, 3.63) is 42.2 Å². The second-order valence-corrected chi connectivity index (χ2v) is 3.55. The van der Waals surface area contributed by atoms with Gasteiger partial charge in [-0.3, -0.25) is 0 Å². The summed E-state index contributed by atoms with van der Waals surface area (Å²) in [6, 6.07) is 8.24. The Morgan fingerprint density at radius 1 is 1.00 bits per heavy atom. The number of hydrogen-bond donors (Lipinski definition) is 2. The highest BCUT2D eigenvalue weighted by atomic mass is 19.1. The van der Waals surface area contributed by atoms with E-state index < -0.39 is 5.82 Å². The minimum absolute atomic E-state index is 0.0745. The summed E-state index contributed by atoms with van der Waals surface area (Å²) < 4.78 is 18.6. The molecule has 2 aromatic rings. The molecule has 2 N–H and O–H groups in total. The van der Waals surface area contributed by atoms with Crippen LogP contribution in [0.2, 0.25) is 0 Å². The largest absolute Gasteiger partial charge is 0.508 e. The van der Waals surface area contributed by atoms with Gasteiger partial charge in [-0.05, 0) is 30.3 Å². The van der Waals surface area contributed by atoms with E-state index in [1.807, 2.05) is 0 Å². The number of hydrogen-bond acceptors (Lipinski definition) is 3. The van der Waals surface area contributed by atoms with Crippen LogP contribution < -0.4 is 4.74 Å². The summed E-state index contributed by atoms with van der Waals surface area (Å²) in [5.41, 5.74) is 0.529. The summed E-state index contributed by atoms with van der Waals surface area (Å²) in [5, 5.41) is 18.8. The van der Waals surface area contributed by atoms with Crippen LogP contribution in [0.25, 0.3) is 11.1 Å². The van der Waals surface area contributed by atoms with E-state index in [0.717, 1.165) is 6.07 Å². The summed E-state index contributed by atoms with van der Waals surface area (Å²) in [5.74, 6) is -0.229. The number of phenols is 2. The van der Waals surface area contributed by atoms with Crippen molar-refractivity contribution >= 4 is 0 Å². The summed E-state index contributed by atoms with van der Waals surface area (Å²) in [6.07, 6.45) is 0. The Kier molecular flexibility index (Phi) is 2.87. The maximum atomic E-state index is 13.6. The summed E-state index contributed by atoms with van der Waals surface area (Å²) >= 11 is 0. The molecule has 0 radical (unpaired) electrons. The third-order valence-electron chi connectivity index (χ3n) is 2.45. The lowest BCUT2D eigenvalue weighted by Crippen LogP contribution is -1.88. The number of aromatic hydroxyl groups is 2. The van der Waals surface area contributed by atoms with Gasteiger partial charge in [0, 0.05) is 17.2 Å². The summed E-state index contributed by atoms with van der Waals surface area (Å²) in [7, 11) is 1.48. The number of methoxy groups -OCH3 is 1. The van der Waals surface area contributed by atoms with Crippen molar-refractivity contribution in [2.45, 2.75) is 0 Å². The zero-order chi connectivity index (χ0) is 12.4. The van der Waals surface area contributed by atoms with Gasteiger partial charge < -0.3 is 14.9 Å². The van der Waals surface area contributed by atoms with E-state index in [0.29, 0.717) is 11.3 Å². The van der Waals surface area contributed by atoms with Crippen molar-refractivity contribution in [2.24, 2.45) is 0 Å². The van der Waals surface area contributed by atoms with Crippen LogP contribution in [0.3, 0.4) is 0 Å². The van der Waals surface area contributed by atoms with Crippen molar-refractivity contribution in [1.29, 1.82) is 0 Å². The molecule has 17 heavy (non-hydrogen) atoms. The van der Waals surface area contributed by atoms with Crippen LogP contribution in [0.15, 0.2) is 36.4 Å². The highest BCUT2D eigenvalue weighted by molar-refractivity contribution is 5.72. The van der Waals surface area contributed by atoms with E-state index in [1.165, 1.54) is 37.4 Å². The molecule has 0 heterocycles. The van der Waals surface area contributed by atoms with Crippen molar-refractivity contribution in [2.75, 3.05) is 7.11 Å². The van der Waals surface area contributed by atoms with Crippen LogP contribution in [-0.4, -0.2) is 17.3 Å². The Morgan fingerprint density at radius 2 is 1.76 bits per heavy atom. The lowest BCUT2D eigenvalue weighted by molar-refractivity contribution is 0.414. The number of halogens is 1. The molecular weight excluding hydrogens is 223 g/mol. The molecule has 0 saturated heterocycles. The smallest absolute Gasteiger partial charge is 0.131 e. The van der Waals surface area contributed by atoms with Crippen molar-refractivity contribution in [3.8, 4) is 28.4 Å². The van der Waals surface area contributed by atoms with Gasteiger partial charge in [0.25, 0.3) is 0 Å². The normalized spacial score (nSPS) is 10.2. The molecule has 0 spiro atoms. The maximum absolute atomic E-state index is 13.6. The zero-order valence-electron chi connectivity index (χ0n) is 9.14. The maximum Gasteiger partial charge on any atom is 0.131 e. The zero-order valence-corrected chi connectivity index (χ0v) is 9.14. The lowest BCUT2D eigenvalue weighted by Gasteiger charge is -2.08. The predicted molar refractivity (Wildman–Crippen MR) is 61.7 cm³/mol. The van der Waals surface area contributed by atoms with Crippen LogP contribution in [0, 0.1) is 5.82 Å². The van der Waals surface area contributed by atoms with E-state index >= 15 is 0 Å². The van der Waals surface area contributed by atoms with Gasteiger partial charge >= 0.3 is 0 Å². The summed E-state index contributed by atoms with van der Waals surface area (Å²) in [6.45, 7) is 0. The second kappa shape index (κ2) is 4.33. The second-order valence-electron chi connectivity index (χ2n) is 3.55. The number of rotatable bonds is 2. The van der Waals surface area contributed by atoms with Gasteiger partial charge in [0.15, 0.2) is 0 Å². The minimum atomic E-state index is -0.466. The first kappa shape index (κ1) is 11.3. The van der Waals surface area contributed by atoms with E-state index in [2.05, 4.69) is 0 Å². The Hall–Kier alpha value is -2.23. The molecule has 88 valence electrons. The molecule has 0 aliphatic carbocycles. The van der Waals surface area contributed by atoms with E-state index in [-0.39, 0.29) is 17.1 Å². The molecule has 0 aliphatic heterocycles. The van der Waals surface area contributed by atoms with Crippen LogP contribution in [0.4, 0.5) is 4.39 Å². The highest BCUT2D eigenvalue weighted by Crippen LogP contribution is 2.35. The molecule has 3 nitrogen and oxygen atoms in total. The quantitative estimate of drug-likeness (QED) is 0.839. The predicted octanol–water partition coefficient (Wildman–Crippen LogP) is 2.91. The van der Waals surface area contributed by atoms with Crippen LogP contribution in [0.1, 0.15) is 0 Å². The number of ether oxygens (including phenoxy) is 1. The Labute approximate surface area is 97.7 Å². The fraction of sp³-hybridized carbons (Fsp3) is 0.0769. The standard InChI is InChI=1S/C13H11FO3/c1-17-9-3-5-12(14)11(7-9)10-4-2-8(15)6-13(10)16/h2-7,15-16H,1H3. The van der Waals surface area contributed by atoms with E-state index in [4.69, 9.17) is 4.74 Å². The summed E-state index contributed by atoms with van der Waals surface area (Å²) in [4.78, 5) is 0. The fourth-order valence-corrected chi connectivity index (χ4v) is 1.59. The molecular formula is C13H11FO3. The topological polar surface area (TPSA) is 49.7 Å². The van der Waals surface area contributed by atoms with Gasteiger partial charge in [-0.15, -0.1) is 0 Å². The van der Waals surface area contributed by atoms with Crippen molar-refractivity contribution in [1.82, 2.24) is 0 Å². The molecule has 0 aromatic heterocycles. The Balaban J connectivity index is 2.59. The SMILES string of the molecule is COc1ccc(F)c(-c2ccc(O)cc2O)c1. The lowest BCUT2D eigenvalue weighted by atomic mass is 10.0. The average molecular weight is 234 g/mol. The average Bonchev–Trinajstić information content (AvgIpc) is 2.30. The molecule has 0 amide bonds. The van der Waals surface area contributed by atoms with Crippen LogP contribution in [0.5, 0.6) is 17.2 Å². The highest BCUT2D eigenvalue weighted by Gasteiger charge is 2.11. The molecule has 0 fully saturated rings. The first-order chi connectivity index (χ1) is 8.11. The third kappa shape index (κ3) is 2.15. The first-order valence-electron chi connectivity index (χ1n) is 4.97. The molecule has 2 aromatic carbocycles. The Bertz CT molecular complexity index is 552.